The molecule has 2 heterocycles. The number of aryl methyl sites for hydroxylation is 1. The Morgan fingerprint density at radius 1 is 1.48 bits per heavy atom. The summed E-state index contributed by atoms with van der Waals surface area (Å²) in [5, 5.41) is 13.7. The maximum atomic E-state index is 11.4. The lowest BCUT2D eigenvalue weighted by Crippen LogP contribution is -2.16. The standard InChI is InChI=1S/C13H13N5O3/c1-8-5-15-3-2-9(8)6-16-13-11(12(14)19)4-10(7-17-13)18(20)21/h2-5,7H,6H2,1H3,(H2,14,19)(H,16,17). The van der Waals surface area contributed by atoms with Gasteiger partial charge in [0, 0.05) is 25.0 Å². The van der Waals surface area contributed by atoms with Gasteiger partial charge in [-0.05, 0) is 24.1 Å². The first-order chi connectivity index (χ1) is 9.99. The smallest absolute Gasteiger partial charge is 0.288 e. The van der Waals surface area contributed by atoms with Crippen LogP contribution in [0.5, 0.6) is 0 Å². The van der Waals surface area contributed by atoms with Crippen molar-refractivity contribution >= 4 is 17.4 Å². The van der Waals surface area contributed by atoms with Crippen molar-refractivity contribution in [3.63, 3.8) is 0 Å². The van der Waals surface area contributed by atoms with Crippen molar-refractivity contribution in [2.75, 3.05) is 5.32 Å². The first kappa shape index (κ1) is 14.4. The van der Waals surface area contributed by atoms with Crippen molar-refractivity contribution in [1.82, 2.24) is 9.97 Å². The summed E-state index contributed by atoms with van der Waals surface area (Å²) >= 11 is 0. The molecule has 2 aromatic heterocycles. The third kappa shape index (κ3) is 3.30. The van der Waals surface area contributed by atoms with Crippen molar-refractivity contribution in [3.8, 4) is 0 Å². The number of hydrogen-bond acceptors (Lipinski definition) is 6. The van der Waals surface area contributed by atoms with E-state index in [9.17, 15) is 14.9 Å². The van der Waals surface area contributed by atoms with Crippen LogP contribution < -0.4 is 11.1 Å². The van der Waals surface area contributed by atoms with E-state index in [-0.39, 0.29) is 17.1 Å². The number of nitrogens with two attached hydrogens (primary N) is 1. The molecule has 0 atom stereocenters. The molecular formula is C13H13N5O3. The van der Waals surface area contributed by atoms with Gasteiger partial charge < -0.3 is 11.1 Å². The molecule has 0 radical (unpaired) electrons. The quantitative estimate of drug-likeness (QED) is 0.632. The molecule has 2 aromatic rings. The van der Waals surface area contributed by atoms with Gasteiger partial charge >= 0.3 is 0 Å². The Morgan fingerprint density at radius 3 is 2.86 bits per heavy atom. The van der Waals surface area contributed by atoms with Gasteiger partial charge in [-0.25, -0.2) is 4.98 Å². The zero-order valence-corrected chi connectivity index (χ0v) is 11.2. The van der Waals surface area contributed by atoms with Crippen molar-refractivity contribution < 1.29 is 9.72 Å². The molecule has 21 heavy (non-hydrogen) atoms. The van der Waals surface area contributed by atoms with Crippen molar-refractivity contribution in [3.05, 3.63) is 57.5 Å². The van der Waals surface area contributed by atoms with Gasteiger partial charge in [0.2, 0.25) is 0 Å². The van der Waals surface area contributed by atoms with Crippen LogP contribution in [0.3, 0.4) is 0 Å². The van der Waals surface area contributed by atoms with E-state index in [1.54, 1.807) is 12.4 Å². The van der Waals surface area contributed by atoms with Gasteiger partial charge in [0.1, 0.15) is 12.0 Å². The van der Waals surface area contributed by atoms with E-state index < -0.39 is 10.8 Å². The molecule has 0 fully saturated rings. The molecule has 1 amide bonds. The van der Waals surface area contributed by atoms with E-state index in [4.69, 9.17) is 5.73 Å². The van der Waals surface area contributed by atoms with Gasteiger partial charge in [0.25, 0.3) is 11.6 Å². The zero-order valence-electron chi connectivity index (χ0n) is 11.2. The third-order valence-electron chi connectivity index (χ3n) is 2.93. The van der Waals surface area contributed by atoms with E-state index >= 15 is 0 Å². The molecule has 0 unspecified atom stereocenters. The van der Waals surface area contributed by atoms with Crippen LogP contribution in [-0.2, 0) is 6.54 Å². The second-order valence-corrected chi connectivity index (χ2v) is 4.37. The Kier molecular flexibility index (Phi) is 4.07. The van der Waals surface area contributed by atoms with Gasteiger partial charge in [0.05, 0.1) is 10.5 Å². The predicted molar refractivity (Wildman–Crippen MR) is 75.7 cm³/mol. The molecule has 0 saturated heterocycles. The molecule has 8 nitrogen and oxygen atoms in total. The fraction of sp³-hybridized carbons (Fsp3) is 0.154. The summed E-state index contributed by atoms with van der Waals surface area (Å²) < 4.78 is 0. The summed E-state index contributed by atoms with van der Waals surface area (Å²) in [4.78, 5) is 29.3. The normalized spacial score (nSPS) is 10.1. The topological polar surface area (TPSA) is 124 Å². The van der Waals surface area contributed by atoms with Crippen molar-refractivity contribution in [2.45, 2.75) is 13.5 Å². The summed E-state index contributed by atoms with van der Waals surface area (Å²) in [7, 11) is 0. The lowest BCUT2D eigenvalue weighted by molar-refractivity contribution is -0.385. The zero-order chi connectivity index (χ0) is 15.4. The Labute approximate surface area is 120 Å². The lowest BCUT2D eigenvalue weighted by atomic mass is 10.1. The minimum atomic E-state index is -0.778. The second kappa shape index (κ2) is 5.95. The van der Waals surface area contributed by atoms with E-state index in [1.165, 1.54) is 0 Å². The molecule has 0 bridgehead atoms. The summed E-state index contributed by atoms with van der Waals surface area (Å²) in [6.07, 6.45) is 4.45. The Bertz CT molecular complexity index is 702. The highest BCUT2D eigenvalue weighted by Crippen LogP contribution is 2.19. The average Bonchev–Trinajstić information content (AvgIpc) is 2.46. The van der Waals surface area contributed by atoms with Crippen LogP contribution in [0.25, 0.3) is 0 Å². The third-order valence-corrected chi connectivity index (χ3v) is 2.93. The minimum absolute atomic E-state index is 0.0177. The van der Waals surface area contributed by atoms with Crippen LogP contribution in [0.2, 0.25) is 0 Å². The van der Waals surface area contributed by atoms with Crippen molar-refractivity contribution in [1.29, 1.82) is 0 Å². The molecule has 0 saturated carbocycles. The highest BCUT2D eigenvalue weighted by atomic mass is 16.6. The molecular weight excluding hydrogens is 274 g/mol. The molecule has 0 spiro atoms. The van der Waals surface area contributed by atoms with Crippen LogP contribution in [0.15, 0.2) is 30.7 Å². The summed E-state index contributed by atoms with van der Waals surface area (Å²) in [5.74, 6) is -0.565. The number of aromatic nitrogens is 2. The number of anilines is 1. The van der Waals surface area contributed by atoms with Gasteiger partial charge in [-0.15, -0.1) is 0 Å². The van der Waals surface area contributed by atoms with Gasteiger partial charge in [0.15, 0.2) is 0 Å². The Morgan fingerprint density at radius 2 is 2.24 bits per heavy atom. The molecule has 0 aliphatic rings. The fourth-order valence-corrected chi connectivity index (χ4v) is 1.76. The number of nitro groups is 1. The number of carbonyl (C=O) groups excluding carboxylic acids is 1. The predicted octanol–water partition coefficient (Wildman–Crippen LogP) is 1.40. The molecule has 3 N–H and O–H groups in total. The Hall–Kier alpha value is -3.03. The number of hydrogen-bond donors (Lipinski definition) is 2. The van der Waals surface area contributed by atoms with E-state index in [1.807, 2.05) is 13.0 Å². The van der Waals surface area contributed by atoms with Gasteiger partial charge in [-0.2, -0.15) is 0 Å². The number of pyridine rings is 2. The molecule has 8 heteroatoms. The highest BCUT2D eigenvalue weighted by molar-refractivity contribution is 5.98. The molecule has 0 aliphatic carbocycles. The lowest BCUT2D eigenvalue weighted by Gasteiger charge is -2.10. The first-order valence-electron chi connectivity index (χ1n) is 6.06. The number of carbonyl (C=O) groups is 1. The number of rotatable bonds is 5. The minimum Gasteiger partial charge on any atom is -0.365 e. The second-order valence-electron chi connectivity index (χ2n) is 4.37. The number of amides is 1. The van der Waals surface area contributed by atoms with E-state index in [2.05, 4.69) is 15.3 Å². The van der Waals surface area contributed by atoms with E-state index in [0.29, 0.717) is 6.54 Å². The van der Waals surface area contributed by atoms with E-state index in [0.717, 1.165) is 23.4 Å². The van der Waals surface area contributed by atoms with Crippen molar-refractivity contribution in [2.24, 2.45) is 5.73 Å². The van der Waals surface area contributed by atoms with Crippen LogP contribution in [0, 0.1) is 17.0 Å². The van der Waals surface area contributed by atoms with Gasteiger partial charge in [-0.1, -0.05) is 0 Å². The number of primary amides is 1. The average molecular weight is 287 g/mol. The highest BCUT2D eigenvalue weighted by Gasteiger charge is 2.16. The molecule has 0 aliphatic heterocycles. The SMILES string of the molecule is Cc1cnccc1CNc1ncc([N+](=O)[O-])cc1C(N)=O. The summed E-state index contributed by atoms with van der Waals surface area (Å²) in [6.45, 7) is 2.31. The number of nitrogens with one attached hydrogen (secondary N) is 1. The van der Waals surface area contributed by atoms with Crippen LogP contribution in [0.1, 0.15) is 21.5 Å². The Balaban J connectivity index is 2.26. The monoisotopic (exact) mass is 287 g/mol. The molecule has 2 rings (SSSR count). The molecule has 108 valence electrons. The summed E-state index contributed by atoms with van der Waals surface area (Å²) in [5.41, 5.74) is 6.88. The van der Waals surface area contributed by atoms with Crippen LogP contribution in [0.4, 0.5) is 11.5 Å². The largest absolute Gasteiger partial charge is 0.365 e. The fourth-order valence-electron chi connectivity index (χ4n) is 1.76. The molecule has 0 aromatic carbocycles. The maximum absolute atomic E-state index is 11.4. The number of nitrogens with zero attached hydrogens (tertiary/aromatic N) is 3. The van der Waals surface area contributed by atoms with Gasteiger partial charge in [-0.3, -0.25) is 19.9 Å². The summed E-state index contributed by atoms with van der Waals surface area (Å²) in [6, 6.07) is 2.94. The maximum Gasteiger partial charge on any atom is 0.288 e. The first-order valence-corrected chi connectivity index (χ1v) is 6.06. The van der Waals surface area contributed by atoms with Crippen LogP contribution >= 0.6 is 0 Å². The van der Waals surface area contributed by atoms with Crippen LogP contribution in [-0.4, -0.2) is 20.8 Å².